The quantitative estimate of drug-likeness (QED) is 0.857. The number of methoxy groups -OCH3 is 1. The van der Waals surface area contributed by atoms with Crippen LogP contribution in [0.15, 0.2) is 48.5 Å². The Morgan fingerprint density at radius 3 is 2.24 bits per heavy atom. The zero-order valence-corrected chi connectivity index (χ0v) is 12.5. The van der Waals surface area contributed by atoms with Crippen LogP contribution in [0.3, 0.4) is 0 Å². The third-order valence-electron chi connectivity index (χ3n) is 3.96. The summed E-state index contributed by atoms with van der Waals surface area (Å²) >= 11 is 0. The minimum Gasteiger partial charge on any atom is -0.496 e. The number of hydrogen-bond donors (Lipinski definition) is 2. The normalized spacial score (nSPS) is 11.4. The van der Waals surface area contributed by atoms with Crippen molar-refractivity contribution >= 4 is 0 Å². The van der Waals surface area contributed by atoms with Gasteiger partial charge in [0.2, 0.25) is 0 Å². The highest BCUT2D eigenvalue weighted by Crippen LogP contribution is 2.32. The topological polar surface area (TPSA) is 49.7 Å². The lowest BCUT2D eigenvalue weighted by atomic mass is 9.76. The zero-order chi connectivity index (χ0) is 15.3. The maximum absolute atomic E-state index is 9.92. The monoisotopic (exact) mass is 286 g/mol. The Morgan fingerprint density at radius 1 is 1.00 bits per heavy atom. The molecule has 0 fully saturated rings. The molecular formula is C18H22O3. The van der Waals surface area contributed by atoms with E-state index in [1.54, 1.807) is 7.11 Å². The first-order valence-electron chi connectivity index (χ1n) is 7.06. The molecule has 0 aromatic heterocycles. The van der Waals surface area contributed by atoms with Crippen molar-refractivity contribution in [2.75, 3.05) is 20.3 Å². The van der Waals surface area contributed by atoms with E-state index in [2.05, 4.69) is 0 Å². The van der Waals surface area contributed by atoms with E-state index in [1.165, 1.54) is 0 Å². The molecule has 3 nitrogen and oxygen atoms in total. The molecule has 0 aliphatic carbocycles. The molecule has 2 aromatic carbocycles. The van der Waals surface area contributed by atoms with E-state index in [4.69, 9.17) is 4.74 Å². The van der Waals surface area contributed by atoms with Crippen LogP contribution >= 0.6 is 0 Å². The number of benzene rings is 2. The van der Waals surface area contributed by atoms with Crippen molar-refractivity contribution < 1.29 is 14.9 Å². The second-order valence-electron chi connectivity index (χ2n) is 5.45. The highest BCUT2D eigenvalue weighted by Gasteiger charge is 2.32. The first kappa shape index (κ1) is 15.5. The van der Waals surface area contributed by atoms with E-state index >= 15 is 0 Å². The molecule has 0 heterocycles. The van der Waals surface area contributed by atoms with Crippen LogP contribution in [0.25, 0.3) is 0 Å². The second kappa shape index (κ2) is 6.74. The van der Waals surface area contributed by atoms with E-state index in [1.807, 2.05) is 55.5 Å². The van der Waals surface area contributed by atoms with Gasteiger partial charge in [-0.15, -0.1) is 0 Å². The van der Waals surface area contributed by atoms with Crippen LogP contribution in [-0.4, -0.2) is 30.5 Å². The van der Waals surface area contributed by atoms with Crippen LogP contribution in [0.4, 0.5) is 0 Å². The third kappa shape index (κ3) is 3.26. The fourth-order valence-electron chi connectivity index (χ4n) is 2.65. The first-order chi connectivity index (χ1) is 10.1. The summed E-state index contributed by atoms with van der Waals surface area (Å²) in [4.78, 5) is 0. The molecule has 0 spiro atoms. The molecule has 0 saturated heterocycles. The van der Waals surface area contributed by atoms with Crippen LogP contribution in [0.5, 0.6) is 5.75 Å². The Bertz CT molecular complexity index is 574. The minimum absolute atomic E-state index is 0.120. The molecule has 0 unspecified atom stereocenters. The van der Waals surface area contributed by atoms with Crippen molar-refractivity contribution in [3.8, 4) is 5.75 Å². The fraction of sp³-hybridized carbons (Fsp3) is 0.333. The van der Waals surface area contributed by atoms with E-state index in [0.29, 0.717) is 6.42 Å². The highest BCUT2D eigenvalue weighted by atomic mass is 16.5. The van der Waals surface area contributed by atoms with Gasteiger partial charge in [0.05, 0.1) is 20.3 Å². The molecule has 0 aliphatic rings. The Balaban J connectivity index is 2.44. The Kier molecular flexibility index (Phi) is 4.99. The molecule has 0 aliphatic heterocycles. The van der Waals surface area contributed by atoms with Gasteiger partial charge in [0.1, 0.15) is 5.75 Å². The summed E-state index contributed by atoms with van der Waals surface area (Å²) in [5, 5.41) is 19.8. The summed E-state index contributed by atoms with van der Waals surface area (Å²) in [6.45, 7) is 1.78. The average Bonchev–Trinajstić information content (AvgIpc) is 2.54. The second-order valence-corrected chi connectivity index (χ2v) is 5.45. The largest absolute Gasteiger partial charge is 0.496 e. The lowest BCUT2D eigenvalue weighted by molar-refractivity contribution is 0.115. The average molecular weight is 286 g/mol. The Morgan fingerprint density at radius 2 is 1.67 bits per heavy atom. The van der Waals surface area contributed by atoms with Crippen LogP contribution in [-0.2, 0) is 11.8 Å². The van der Waals surface area contributed by atoms with Gasteiger partial charge in [-0.3, -0.25) is 0 Å². The number of ether oxygens (including phenoxy) is 1. The number of aliphatic hydroxyl groups excluding tert-OH is 2. The lowest BCUT2D eigenvalue weighted by Gasteiger charge is -2.31. The number of rotatable bonds is 6. The van der Waals surface area contributed by atoms with E-state index in [0.717, 1.165) is 22.4 Å². The molecule has 112 valence electrons. The summed E-state index contributed by atoms with van der Waals surface area (Å²) in [6, 6.07) is 15.6. The smallest absolute Gasteiger partial charge is 0.122 e. The standard InChI is InChI=1S/C18H22O3/c1-14-8-9-17(21-2)15(10-14)11-18(12-19,13-20)16-6-4-3-5-7-16/h3-10,19-20H,11-13H2,1-2H3. The predicted octanol–water partition coefficient (Wildman–Crippen LogP) is 2.47. The van der Waals surface area contributed by atoms with Gasteiger partial charge in [0.25, 0.3) is 0 Å². The van der Waals surface area contributed by atoms with Gasteiger partial charge in [-0.25, -0.2) is 0 Å². The molecule has 21 heavy (non-hydrogen) atoms. The minimum atomic E-state index is -0.706. The summed E-state index contributed by atoms with van der Waals surface area (Å²) in [5.41, 5.74) is 2.34. The lowest BCUT2D eigenvalue weighted by Crippen LogP contribution is -2.37. The van der Waals surface area contributed by atoms with Crippen molar-refractivity contribution in [2.45, 2.75) is 18.8 Å². The molecular weight excluding hydrogens is 264 g/mol. The van der Waals surface area contributed by atoms with Gasteiger partial charge in [-0.05, 0) is 30.5 Å². The molecule has 0 atom stereocenters. The molecule has 0 bridgehead atoms. The van der Waals surface area contributed by atoms with Crippen molar-refractivity contribution in [3.05, 3.63) is 65.2 Å². The fourth-order valence-corrected chi connectivity index (χ4v) is 2.65. The Labute approximate surface area is 125 Å². The van der Waals surface area contributed by atoms with E-state index < -0.39 is 5.41 Å². The molecule has 0 amide bonds. The summed E-state index contributed by atoms with van der Waals surface area (Å²) in [5.74, 6) is 0.780. The third-order valence-corrected chi connectivity index (χ3v) is 3.96. The molecule has 2 rings (SSSR count). The first-order valence-corrected chi connectivity index (χ1v) is 7.06. The summed E-state index contributed by atoms with van der Waals surface area (Å²) in [7, 11) is 1.64. The van der Waals surface area contributed by atoms with Gasteiger partial charge < -0.3 is 14.9 Å². The molecule has 3 heteroatoms. The molecule has 0 radical (unpaired) electrons. The summed E-state index contributed by atoms with van der Waals surface area (Å²) in [6.07, 6.45) is 0.523. The van der Waals surface area contributed by atoms with Crippen LogP contribution < -0.4 is 4.74 Å². The van der Waals surface area contributed by atoms with Gasteiger partial charge in [0, 0.05) is 5.41 Å². The maximum Gasteiger partial charge on any atom is 0.122 e. The van der Waals surface area contributed by atoms with Crippen molar-refractivity contribution in [3.63, 3.8) is 0 Å². The number of hydrogen-bond acceptors (Lipinski definition) is 3. The van der Waals surface area contributed by atoms with E-state index in [9.17, 15) is 10.2 Å². The van der Waals surface area contributed by atoms with Crippen LogP contribution in [0.1, 0.15) is 16.7 Å². The van der Waals surface area contributed by atoms with Gasteiger partial charge in [-0.1, -0.05) is 48.0 Å². The predicted molar refractivity (Wildman–Crippen MR) is 83.7 cm³/mol. The Hall–Kier alpha value is -1.84. The maximum atomic E-state index is 9.92. The van der Waals surface area contributed by atoms with Gasteiger partial charge in [0.15, 0.2) is 0 Å². The zero-order valence-electron chi connectivity index (χ0n) is 12.5. The van der Waals surface area contributed by atoms with Crippen molar-refractivity contribution in [2.24, 2.45) is 0 Å². The highest BCUT2D eigenvalue weighted by molar-refractivity contribution is 5.40. The number of aryl methyl sites for hydroxylation is 1. The van der Waals surface area contributed by atoms with Crippen molar-refractivity contribution in [1.29, 1.82) is 0 Å². The molecule has 0 saturated carbocycles. The van der Waals surface area contributed by atoms with Gasteiger partial charge in [-0.2, -0.15) is 0 Å². The molecule has 2 N–H and O–H groups in total. The van der Waals surface area contributed by atoms with Crippen molar-refractivity contribution in [1.82, 2.24) is 0 Å². The van der Waals surface area contributed by atoms with Crippen LogP contribution in [0, 0.1) is 6.92 Å². The van der Waals surface area contributed by atoms with Crippen LogP contribution in [0.2, 0.25) is 0 Å². The SMILES string of the molecule is COc1ccc(C)cc1CC(CO)(CO)c1ccccc1. The van der Waals surface area contributed by atoms with E-state index in [-0.39, 0.29) is 13.2 Å². The molecule has 2 aromatic rings. The van der Waals surface area contributed by atoms with Gasteiger partial charge >= 0.3 is 0 Å². The number of aliphatic hydroxyl groups is 2. The summed E-state index contributed by atoms with van der Waals surface area (Å²) < 4.78 is 5.41.